The van der Waals surface area contributed by atoms with Crippen molar-refractivity contribution in [2.75, 3.05) is 32.7 Å². The van der Waals surface area contributed by atoms with E-state index in [-0.39, 0.29) is 32.6 Å². The van der Waals surface area contributed by atoms with Crippen LogP contribution in [0.4, 0.5) is 8.78 Å². The van der Waals surface area contributed by atoms with Crippen LogP contribution in [0.15, 0.2) is 0 Å². The molecule has 0 bridgehead atoms. The standard InChI is InChI=1S/C8H14F2N2O4S/c9-8(10)17(15,16)12-5-3-11(4-6-12)2-1-7(13)14/h8H,1-6H2,(H,13,14). The lowest BCUT2D eigenvalue weighted by Crippen LogP contribution is -2.50. The van der Waals surface area contributed by atoms with Gasteiger partial charge in [0.05, 0.1) is 6.42 Å². The smallest absolute Gasteiger partial charge is 0.350 e. The quantitative estimate of drug-likeness (QED) is 0.739. The second-order valence-electron chi connectivity index (χ2n) is 3.69. The van der Waals surface area contributed by atoms with E-state index >= 15 is 0 Å². The topological polar surface area (TPSA) is 77.9 Å². The van der Waals surface area contributed by atoms with Crippen LogP contribution in [0.5, 0.6) is 0 Å². The first-order valence-electron chi connectivity index (χ1n) is 5.05. The molecular weight excluding hydrogens is 258 g/mol. The van der Waals surface area contributed by atoms with Gasteiger partial charge in [-0.3, -0.25) is 4.79 Å². The van der Waals surface area contributed by atoms with Crippen molar-refractivity contribution < 1.29 is 27.1 Å². The van der Waals surface area contributed by atoms with E-state index in [1.54, 1.807) is 4.90 Å². The molecule has 1 aliphatic heterocycles. The molecule has 100 valence electrons. The van der Waals surface area contributed by atoms with Crippen LogP contribution in [0.25, 0.3) is 0 Å². The number of hydrogen-bond donors (Lipinski definition) is 1. The number of alkyl halides is 2. The number of carbonyl (C=O) groups is 1. The maximum absolute atomic E-state index is 12.2. The number of nitrogens with zero attached hydrogens (tertiary/aromatic N) is 2. The van der Waals surface area contributed by atoms with Crippen molar-refractivity contribution in [3.8, 4) is 0 Å². The van der Waals surface area contributed by atoms with Gasteiger partial charge in [0.25, 0.3) is 10.0 Å². The molecule has 17 heavy (non-hydrogen) atoms. The molecule has 1 saturated heterocycles. The van der Waals surface area contributed by atoms with Crippen LogP contribution in [0, 0.1) is 0 Å². The summed E-state index contributed by atoms with van der Waals surface area (Å²) in [7, 11) is -4.50. The summed E-state index contributed by atoms with van der Waals surface area (Å²) >= 11 is 0. The van der Waals surface area contributed by atoms with E-state index in [0.29, 0.717) is 6.54 Å². The highest BCUT2D eigenvalue weighted by atomic mass is 32.2. The maximum atomic E-state index is 12.2. The lowest BCUT2D eigenvalue weighted by Gasteiger charge is -2.33. The van der Waals surface area contributed by atoms with E-state index in [9.17, 15) is 22.0 Å². The van der Waals surface area contributed by atoms with Gasteiger partial charge in [0, 0.05) is 32.7 Å². The van der Waals surface area contributed by atoms with Crippen molar-refractivity contribution in [1.29, 1.82) is 0 Å². The average molecular weight is 272 g/mol. The zero-order chi connectivity index (χ0) is 13.1. The molecule has 6 nitrogen and oxygen atoms in total. The van der Waals surface area contributed by atoms with Crippen LogP contribution >= 0.6 is 0 Å². The van der Waals surface area contributed by atoms with Crippen LogP contribution in [0.3, 0.4) is 0 Å². The molecule has 0 amide bonds. The molecule has 1 heterocycles. The van der Waals surface area contributed by atoms with E-state index in [1.807, 2.05) is 0 Å². The Balaban J connectivity index is 2.43. The number of carboxylic acid groups (broad SMARTS) is 1. The highest BCUT2D eigenvalue weighted by Gasteiger charge is 2.34. The highest BCUT2D eigenvalue weighted by molar-refractivity contribution is 7.89. The van der Waals surface area contributed by atoms with Gasteiger partial charge in [0.2, 0.25) is 0 Å². The Morgan fingerprint density at radius 1 is 1.24 bits per heavy atom. The third kappa shape index (κ3) is 3.86. The second-order valence-corrected chi connectivity index (χ2v) is 5.59. The summed E-state index contributed by atoms with van der Waals surface area (Å²) in [6, 6.07) is 0. The second kappa shape index (κ2) is 5.69. The molecule has 0 unspecified atom stereocenters. The van der Waals surface area contributed by atoms with Gasteiger partial charge in [-0.2, -0.15) is 13.1 Å². The van der Waals surface area contributed by atoms with Gasteiger partial charge in [0.1, 0.15) is 0 Å². The monoisotopic (exact) mass is 272 g/mol. The molecule has 0 spiro atoms. The number of hydrogen-bond acceptors (Lipinski definition) is 4. The highest BCUT2D eigenvalue weighted by Crippen LogP contribution is 2.14. The first kappa shape index (κ1) is 14.3. The van der Waals surface area contributed by atoms with Crippen molar-refractivity contribution in [3.63, 3.8) is 0 Å². The Labute approximate surface area is 97.9 Å². The largest absolute Gasteiger partial charge is 0.481 e. The van der Waals surface area contributed by atoms with Gasteiger partial charge in [-0.1, -0.05) is 0 Å². The fourth-order valence-electron chi connectivity index (χ4n) is 1.57. The van der Waals surface area contributed by atoms with Crippen molar-refractivity contribution in [3.05, 3.63) is 0 Å². The molecule has 0 aromatic heterocycles. The van der Waals surface area contributed by atoms with Crippen molar-refractivity contribution in [1.82, 2.24) is 9.21 Å². The van der Waals surface area contributed by atoms with Gasteiger partial charge in [-0.25, -0.2) is 8.42 Å². The predicted molar refractivity (Wildman–Crippen MR) is 55.2 cm³/mol. The molecular formula is C8H14F2N2O4S. The number of aliphatic carboxylic acids is 1. The Kier molecular flexibility index (Phi) is 4.78. The summed E-state index contributed by atoms with van der Waals surface area (Å²) in [5.41, 5.74) is 0. The van der Waals surface area contributed by atoms with Crippen LogP contribution in [0.1, 0.15) is 6.42 Å². The van der Waals surface area contributed by atoms with Crippen molar-refractivity contribution in [2.24, 2.45) is 0 Å². The molecule has 0 radical (unpaired) electrons. The summed E-state index contributed by atoms with van der Waals surface area (Å²) in [6.07, 6.45) is -0.0401. The average Bonchev–Trinajstić information content (AvgIpc) is 2.26. The lowest BCUT2D eigenvalue weighted by atomic mass is 10.3. The molecule has 9 heteroatoms. The number of sulfonamides is 1. The van der Waals surface area contributed by atoms with Gasteiger partial charge in [-0.05, 0) is 0 Å². The van der Waals surface area contributed by atoms with E-state index in [1.165, 1.54) is 0 Å². The Morgan fingerprint density at radius 2 is 1.76 bits per heavy atom. The van der Waals surface area contributed by atoms with E-state index < -0.39 is 21.8 Å². The minimum atomic E-state index is -4.50. The number of piperazine rings is 1. The minimum absolute atomic E-state index is 0.0215. The fourth-order valence-corrected chi connectivity index (χ4v) is 2.47. The van der Waals surface area contributed by atoms with E-state index in [4.69, 9.17) is 5.11 Å². The fraction of sp³-hybridized carbons (Fsp3) is 0.875. The zero-order valence-electron chi connectivity index (χ0n) is 9.05. The third-order valence-corrected chi connectivity index (χ3v) is 4.09. The summed E-state index contributed by atoms with van der Waals surface area (Å²) < 4.78 is 47.4. The summed E-state index contributed by atoms with van der Waals surface area (Å²) in [4.78, 5) is 12.1. The molecule has 1 N–H and O–H groups in total. The third-order valence-electron chi connectivity index (χ3n) is 2.56. The van der Waals surface area contributed by atoms with Crippen LogP contribution < -0.4 is 0 Å². The predicted octanol–water partition coefficient (Wildman–Crippen LogP) is -0.369. The molecule has 0 aromatic rings. The molecule has 0 aliphatic carbocycles. The minimum Gasteiger partial charge on any atom is -0.481 e. The summed E-state index contributed by atoms with van der Waals surface area (Å²) in [5.74, 6) is -4.33. The Hall–Kier alpha value is -0.800. The number of rotatable bonds is 5. The van der Waals surface area contributed by atoms with Crippen molar-refractivity contribution >= 4 is 16.0 Å². The normalized spacial score (nSPS) is 19.7. The summed E-state index contributed by atoms with van der Waals surface area (Å²) in [5, 5.41) is 8.47. The maximum Gasteiger partial charge on any atom is 0.350 e. The Morgan fingerprint density at radius 3 is 2.18 bits per heavy atom. The van der Waals surface area contributed by atoms with Gasteiger partial charge in [-0.15, -0.1) is 0 Å². The molecule has 0 atom stereocenters. The van der Waals surface area contributed by atoms with Gasteiger partial charge in [0.15, 0.2) is 0 Å². The lowest BCUT2D eigenvalue weighted by molar-refractivity contribution is -0.137. The van der Waals surface area contributed by atoms with Crippen LogP contribution in [-0.4, -0.2) is 67.2 Å². The number of halogens is 2. The van der Waals surface area contributed by atoms with Crippen LogP contribution in [-0.2, 0) is 14.8 Å². The zero-order valence-corrected chi connectivity index (χ0v) is 9.87. The Bertz CT molecular complexity index is 366. The molecule has 1 aliphatic rings. The van der Waals surface area contributed by atoms with E-state index in [0.717, 1.165) is 4.31 Å². The van der Waals surface area contributed by atoms with Gasteiger partial charge >= 0.3 is 11.7 Å². The molecule has 0 aromatic carbocycles. The first-order valence-corrected chi connectivity index (χ1v) is 6.55. The molecule has 0 saturated carbocycles. The van der Waals surface area contributed by atoms with Crippen molar-refractivity contribution in [2.45, 2.75) is 12.2 Å². The van der Waals surface area contributed by atoms with Crippen LogP contribution in [0.2, 0.25) is 0 Å². The molecule has 1 rings (SSSR count). The molecule has 1 fully saturated rings. The number of carboxylic acids is 1. The SMILES string of the molecule is O=C(O)CCN1CCN(S(=O)(=O)C(F)F)CC1. The first-order chi connectivity index (χ1) is 7.84. The van der Waals surface area contributed by atoms with E-state index in [2.05, 4.69) is 0 Å². The summed E-state index contributed by atoms with van der Waals surface area (Å²) in [6.45, 7) is 0.814. The van der Waals surface area contributed by atoms with Gasteiger partial charge < -0.3 is 10.0 Å².